The van der Waals surface area contributed by atoms with Crippen LogP contribution < -0.4 is 10.1 Å². The Hall–Kier alpha value is -3.09. The van der Waals surface area contributed by atoms with E-state index in [9.17, 15) is 9.90 Å². The lowest BCUT2D eigenvalue weighted by molar-refractivity contribution is -0.137. The zero-order valence-electron chi connectivity index (χ0n) is 16.2. The van der Waals surface area contributed by atoms with Gasteiger partial charge in [-0.3, -0.25) is 0 Å². The number of carboxylic acids is 1. The number of aryl methyl sites for hydroxylation is 3. The first-order valence-corrected chi connectivity index (χ1v) is 8.87. The van der Waals surface area contributed by atoms with Crippen LogP contribution in [0.15, 0.2) is 24.3 Å². The first-order valence-electron chi connectivity index (χ1n) is 8.87. The van der Waals surface area contributed by atoms with Crippen LogP contribution in [0.25, 0.3) is 16.8 Å². The number of fused-ring (bicyclic) bond motifs is 1. The van der Waals surface area contributed by atoms with Crippen molar-refractivity contribution in [2.75, 3.05) is 12.4 Å². The van der Waals surface area contributed by atoms with Gasteiger partial charge < -0.3 is 15.2 Å². The first-order chi connectivity index (χ1) is 12.8. The predicted molar refractivity (Wildman–Crippen MR) is 105 cm³/mol. The van der Waals surface area contributed by atoms with E-state index in [0.717, 1.165) is 33.8 Å². The smallest absolute Gasteiger partial charge is 0.326 e. The molecule has 0 unspecified atom stereocenters. The number of anilines is 1. The van der Waals surface area contributed by atoms with Gasteiger partial charge in [0.05, 0.1) is 12.8 Å². The minimum Gasteiger partial charge on any atom is -0.497 e. The van der Waals surface area contributed by atoms with Crippen LogP contribution in [-0.2, 0) is 4.79 Å². The first kappa shape index (κ1) is 18.7. The summed E-state index contributed by atoms with van der Waals surface area (Å²) in [6.07, 6.45) is 0.461. The van der Waals surface area contributed by atoms with Crippen molar-refractivity contribution in [3.8, 4) is 16.9 Å². The summed E-state index contributed by atoms with van der Waals surface area (Å²) in [5, 5.41) is 17.1. The molecule has 0 radical (unpaired) electrons. The highest BCUT2D eigenvalue weighted by molar-refractivity contribution is 5.83. The number of aliphatic carboxylic acids is 1. The minimum absolute atomic E-state index is 0.461. The number of nitrogens with zero attached hydrogens (tertiary/aromatic N) is 3. The quantitative estimate of drug-likeness (QED) is 0.691. The van der Waals surface area contributed by atoms with Gasteiger partial charge in [-0.1, -0.05) is 13.0 Å². The van der Waals surface area contributed by atoms with Gasteiger partial charge in [-0.15, -0.1) is 0 Å². The standard InChI is InChI=1S/C20H24N4O3/c1-6-16(20(25)26)22-17-10-12(3)21-19-18(13(4)23-24(17)19)15-8-7-14(27-5)9-11(15)2/h7-10,16,22H,6H2,1-5H3,(H,25,26)/t16-/m0/s1. The number of hydrogen-bond donors (Lipinski definition) is 2. The molecule has 0 aliphatic rings. The second-order valence-electron chi connectivity index (χ2n) is 6.60. The number of carboxylic acid groups (broad SMARTS) is 1. The van der Waals surface area contributed by atoms with Gasteiger partial charge in [0.25, 0.3) is 0 Å². The number of rotatable bonds is 6. The van der Waals surface area contributed by atoms with E-state index in [-0.39, 0.29) is 0 Å². The van der Waals surface area contributed by atoms with Crippen LogP contribution in [0.1, 0.15) is 30.3 Å². The van der Waals surface area contributed by atoms with Gasteiger partial charge in [0.2, 0.25) is 0 Å². The SMILES string of the molecule is CC[C@H](Nc1cc(C)nc2c(-c3ccc(OC)cc3C)c(C)nn12)C(=O)O. The van der Waals surface area contributed by atoms with Crippen LogP contribution in [0.4, 0.5) is 5.82 Å². The zero-order valence-corrected chi connectivity index (χ0v) is 16.2. The molecule has 7 heteroatoms. The van der Waals surface area contributed by atoms with E-state index >= 15 is 0 Å². The van der Waals surface area contributed by atoms with E-state index in [1.807, 2.05) is 52.0 Å². The van der Waals surface area contributed by atoms with Gasteiger partial charge in [-0.25, -0.2) is 9.78 Å². The Kier molecular flexibility index (Phi) is 5.03. The Morgan fingerprint density at radius 3 is 2.63 bits per heavy atom. The normalized spacial score (nSPS) is 12.2. The van der Waals surface area contributed by atoms with Gasteiger partial charge in [-0.05, 0) is 50.5 Å². The summed E-state index contributed by atoms with van der Waals surface area (Å²) in [5.74, 6) is 0.520. The number of carbonyl (C=O) groups is 1. The molecule has 27 heavy (non-hydrogen) atoms. The summed E-state index contributed by atoms with van der Waals surface area (Å²) in [6.45, 7) is 7.67. The predicted octanol–water partition coefficient (Wildman–Crippen LogP) is 3.61. The number of hydrogen-bond acceptors (Lipinski definition) is 5. The minimum atomic E-state index is -0.893. The molecule has 0 bridgehead atoms. The van der Waals surface area contributed by atoms with Gasteiger partial charge in [-0.2, -0.15) is 9.61 Å². The van der Waals surface area contributed by atoms with E-state index in [1.54, 1.807) is 11.6 Å². The van der Waals surface area contributed by atoms with E-state index < -0.39 is 12.0 Å². The van der Waals surface area contributed by atoms with Crippen molar-refractivity contribution in [1.82, 2.24) is 14.6 Å². The van der Waals surface area contributed by atoms with Crippen LogP contribution in [0.2, 0.25) is 0 Å². The van der Waals surface area contributed by atoms with Crippen molar-refractivity contribution in [3.05, 3.63) is 41.2 Å². The molecule has 3 aromatic rings. The summed E-state index contributed by atoms with van der Waals surface area (Å²) in [4.78, 5) is 16.1. The fourth-order valence-electron chi connectivity index (χ4n) is 3.22. The van der Waals surface area contributed by atoms with Crippen molar-refractivity contribution in [2.24, 2.45) is 0 Å². The van der Waals surface area contributed by atoms with Crippen LogP contribution in [0.3, 0.4) is 0 Å². The average Bonchev–Trinajstić information content (AvgIpc) is 2.95. The van der Waals surface area contributed by atoms with Crippen LogP contribution >= 0.6 is 0 Å². The second-order valence-corrected chi connectivity index (χ2v) is 6.60. The maximum atomic E-state index is 11.4. The lowest BCUT2D eigenvalue weighted by atomic mass is 10.0. The van der Waals surface area contributed by atoms with Gasteiger partial charge in [0.15, 0.2) is 5.65 Å². The number of nitrogens with one attached hydrogen (secondary N) is 1. The van der Waals surface area contributed by atoms with E-state index in [0.29, 0.717) is 17.9 Å². The Balaban J connectivity index is 2.19. The summed E-state index contributed by atoms with van der Waals surface area (Å²) >= 11 is 0. The molecule has 1 aromatic carbocycles. The third-order valence-electron chi connectivity index (χ3n) is 4.62. The highest BCUT2D eigenvalue weighted by atomic mass is 16.5. The molecule has 7 nitrogen and oxygen atoms in total. The summed E-state index contributed by atoms with van der Waals surface area (Å²) in [7, 11) is 1.64. The maximum absolute atomic E-state index is 11.4. The highest BCUT2D eigenvalue weighted by Crippen LogP contribution is 2.33. The van der Waals surface area contributed by atoms with Crippen molar-refractivity contribution in [3.63, 3.8) is 0 Å². The Bertz CT molecular complexity index is 1010. The Morgan fingerprint density at radius 1 is 1.30 bits per heavy atom. The summed E-state index contributed by atoms with van der Waals surface area (Å²) < 4.78 is 6.99. The fraction of sp³-hybridized carbons (Fsp3) is 0.350. The maximum Gasteiger partial charge on any atom is 0.326 e. The lowest BCUT2D eigenvalue weighted by Crippen LogP contribution is -2.29. The molecule has 0 amide bonds. The van der Waals surface area contributed by atoms with Crippen LogP contribution in [0.5, 0.6) is 5.75 Å². The third kappa shape index (κ3) is 3.45. The van der Waals surface area contributed by atoms with Crippen molar-refractivity contribution >= 4 is 17.4 Å². The molecule has 1 atom stereocenters. The summed E-state index contributed by atoms with van der Waals surface area (Å²) in [5.41, 5.74) is 5.33. The topological polar surface area (TPSA) is 88.8 Å². The van der Waals surface area contributed by atoms with E-state index in [4.69, 9.17) is 4.74 Å². The molecule has 0 saturated carbocycles. The van der Waals surface area contributed by atoms with Crippen molar-refractivity contribution < 1.29 is 14.6 Å². The molecular weight excluding hydrogens is 344 g/mol. The number of methoxy groups -OCH3 is 1. The van der Waals surface area contributed by atoms with Crippen molar-refractivity contribution in [2.45, 2.75) is 40.2 Å². The highest BCUT2D eigenvalue weighted by Gasteiger charge is 2.21. The number of aromatic nitrogens is 3. The average molecular weight is 368 g/mol. The molecule has 3 rings (SSSR count). The molecule has 142 valence electrons. The molecule has 2 aromatic heterocycles. The Morgan fingerprint density at radius 2 is 2.04 bits per heavy atom. The van der Waals surface area contributed by atoms with Gasteiger partial charge >= 0.3 is 5.97 Å². The zero-order chi connectivity index (χ0) is 19.7. The number of ether oxygens (including phenoxy) is 1. The van der Waals surface area contributed by atoms with E-state index in [1.165, 1.54) is 0 Å². The molecule has 0 saturated heterocycles. The molecular formula is C20H24N4O3. The molecule has 0 aliphatic heterocycles. The van der Waals surface area contributed by atoms with Gasteiger partial charge in [0, 0.05) is 17.3 Å². The third-order valence-corrected chi connectivity index (χ3v) is 4.62. The number of benzene rings is 1. The molecule has 2 N–H and O–H groups in total. The van der Waals surface area contributed by atoms with Crippen LogP contribution in [-0.4, -0.2) is 38.8 Å². The molecule has 0 spiro atoms. The lowest BCUT2D eigenvalue weighted by Gasteiger charge is -2.15. The molecule has 0 fully saturated rings. The molecule has 0 aliphatic carbocycles. The second kappa shape index (κ2) is 7.26. The largest absolute Gasteiger partial charge is 0.497 e. The fourth-order valence-corrected chi connectivity index (χ4v) is 3.22. The van der Waals surface area contributed by atoms with Crippen LogP contribution in [0, 0.1) is 20.8 Å². The molecule has 2 heterocycles. The van der Waals surface area contributed by atoms with Crippen molar-refractivity contribution in [1.29, 1.82) is 0 Å². The van der Waals surface area contributed by atoms with Gasteiger partial charge in [0.1, 0.15) is 17.6 Å². The van der Waals surface area contributed by atoms with E-state index in [2.05, 4.69) is 15.4 Å². The monoisotopic (exact) mass is 368 g/mol. The summed E-state index contributed by atoms with van der Waals surface area (Å²) in [6, 6.07) is 7.02. The Labute approximate surface area is 158 Å².